The van der Waals surface area contributed by atoms with E-state index in [1.165, 1.54) is 12.1 Å². The molecule has 0 spiro atoms. The van der Waals surface area contributed by atoms with Gasteiger partial charge in [-0.1, -0.05) is 12.1 Å². The van der Waals surface area contributed by atoms with E-state index in [0.29, 0.717) is 44.2 Å². The Hall–Kier alpha value is -3.90. The highest BCUT2D eigenvalue weighted by molar-refractivity contribution is 5.97. The summed E-state index contributed by atoms with van der Waals surface area (Å²) in [4.78, 5) is 24.0. The van der Waals surface area contributed by atoms with Crippen LogP contribution in [0.4, 0.5) is 18.9 Å². The number of Topliss-reactive ketones (excluding diaryl/α,β-unsaturated/α-hetero) is 1. The normalized spacial score (nSPS) is 14.6. The summed E-state index contributed by atoms with van der Waals surface area (Å²) in [6, 6.07) is 8.25. The molecule has 0 aliphatic carbocycles. The summed E-state index contributed by atoms with van der Waals surface area (Å²) in [7, 11) is 0. The van der Waals surface area contributed by atoms with Crippen molar-refractivity contribution in [2.45, 2.75) is 39.0 Å². The molecule has 9 heteroatoms. The minimum atomic E-state index is -4.52. The molecular weight excluding hydrogens is 495 g/mol. The molecule has 4 rings (SSSR count). The van der Waals surface area contributed by atoms with Crippen molar-refractivity contribution >= 4 is 11.5 Å². The van der Waals surface area contributed by atoms with E-state index in [9.17, 15) is 18.0 Å². The quantitative estimate of drug-likeness (QED) is 0.286. The Morgan fingerprint density at radius 3 is 2.66 bits per heavy atom. The number of morpholine rings is 1. The van der Waals surface area contributed by atoms with E-state index >= 15 is 0 Å². The van der Waals surface area contributed by atoms with Gasteiger partial charge in [-0.15, -0.1) is 12.3 Å². The summed E-state index contributed by atoms with van der Waals surface area (Å²) in [6.07, 6.45) is 4.31. The number of benzene rings is 1. The lowest BCUT2D eigenvalue weighted by molar-refractivity contribution is -0.137. The maximum absolute atomic E-state index is 13.1. The number of aryl methyl sites for hydroxylation is 1. The second-order valence-corrected chi connectivity index (χ2v) is 9.14. The number of hydrogen-bond acceptors (Lipinski definition) is 6. The van der Waals surface area contributed by atoms with E-state index in [2.05, 4.69) is 20.8 Å². The van der Waals surface area contributed by atoms with E-state index in [1.54, 1.807) is 12.4 Å². The van der Waals surface area contributed by atoms with Crippen molar-refractivity contribution < 1.29 is 27.4 Å². The third-order valence-corrected chi connectivity index (χ3v) is 6.23. The maximum Gasteiger partial charge on any atom is 0.416 e. The molecule has 2 aromatic heterocycles. The van der Waals surface area contributed by atoms with Crippen LogP contribution in [0.2, 0.25) is 0 Å². The summed E-state index contributed by atoms with van der Waals surface area (Å²) in [6.45, 7) is 6.25. The zero-order valence-corrected chi connectivity index (χ0v) is 21.2. The molecule has 0 bridgehead atoms. The molecule has 0 N–H and O–H groups in total. The predicted molar refractivity (Wildman–Crippen MR) is 138 cm³/mol. The van der Waals surface area contributed by atoms with Gasteiger partial charge in [-0.05, 0) is 43.7 Å². The molecule has 38 heavy (non-hydrogen) atoms. The minimum absolute atomic E-state index is 0.000751. The average molecular weight is 524 g/mol. The summed E-state index contributed by atoms with van der Waals surface area (Å²) in [5.41, 5.74) is 2.81. The number of pyridine rings is 2. The number of aromatic nitrogens is 2. The number of ether oxygens (including phenoxy) is 2. The molecule has 1 fully saturated rings. The SMILES string of the molecule is C#CCC(C)Oc1ncc(-c2cc(CC(=O)c3cccc(C(F)(F)F)c3)cnc2C)cc1N1CCOCC1. The van der Waals surface area contributed by atoms with E-state index in [0.717, 1.165) is 34.6 Å². The first-order valence-corrected chi connectivity index (χ1v) is 12.2. The number of anilines is 1. The van der Waals surface area contributed by atoms with Gasteiger partial charge in [-0.2, -0.15) is 13.2 Å². The van der Waals surface area contributed by atoms with Crippen LogP contribution in [-0.4, -0.2) is 48.2 Å². The maximum atomic E-state index is 13.1. The van der Waals surface area contributed by atoms with Gasteiger partial charge >= 0.3 is 6.18 Å². The van der Waals surface area contributed by atoms with E-state index in [4.69, 9.17) is 15.9 Å². The molecule has 1 aliphatic rings. The predicted octanol–water partition coefficient (Wildman–Crippen LogP) is 5.52. The monoisotopic (exact) mass is 523 g/mol. The number of carbonyl (C=O) groups is 1. The lowest BCUT2D eigenvalue weighted by atomic mass is 9.98. The number of halogens is 3. The van der Waals surface area contributed by atoms with Crippen LogP contribution in [0.5, 0.6) is 5.88 Å². The fraction of sp³-hybridized carbons (Fsp3) is 0.345. The number of carbonyl (C=O) groups excluding carboxylic acids is 1. The number of hydrogen-bond donors (Lipinski definition) is 0. The highest BCUT2D eigenvalue weighted by Crippen LogP contribution is 2.34. The molecule has 6 nitrogen and oxygen atoms in total. The number of terminal acetylenes is 1. The summed E-state index contributed by atoms with van der Waals surface area (Å²) >= 11 is 0. The summed E-state index contributed by atoms with van der Waals surface area (Å²) < 4.78 is 50.8. The van der Waals surface area contributed by atoms with Gasteiger partial charge in [0.25, 0.3) is 0 Å². The van der Waals surface area contributed by atoms with Gasteiger partial charge in [-0.3, -0.25) is 9.78 Å². The molecule has 3 aromatic rings. The van der Waals surface area contributed by atoms with Gasteiger partial charge in [-0.25, -0.2) is 4.98 Å². The number of rotatable bonds is 8. The van der Waals surface area contributed by atoms with Crippen LogP contribution < -0.4 is 9.64 Å². The lowest BCUT2D eigenvalue weighted by Gasteiger charge is -2.30. The summed E-state index contributed by atoms with van der Waals surface area (Å²) in [5, 5.41) is 0. The molecular formula is C29H28F3N3O3. The summed E-state index contributed by atoms with van der Waals surface area (Å²) in [5.74, 6) is 2.64. The second-order valence-electron chi connectivity index (χ2n) is 9.14. The highest BCUT2D eigenvalue weighted by Gasteiger charge is 2.31. The second kappa shape index (κ2) is 11.7. The molecule has 1 aromatic carbocycles. The van der Waals surface area contributed by atoms with Crippen LogP contribution >= 0.6 is 0 Å². The zero-order valence-electron chi connectivity index (χ0n) is 21.2. The van der Waals surface area contributed by atoms with Gasteiger partial charge < -0.3 is 14.4 Å². The van der Waals surface area contributed by atoms with Crippen LogP contribution in [0.3, 0.4) is 0 Å². The molecule has 198 valence electrons. The smallest absolute Gasteiger partial charge is 0.416 e. The minimum Gasteiger partial charge on any atom is -0.472 e. The van der Waals surface area contributed by atoms with Crippen molar-refractivity contribution in [1.29, 1.82) is 0 Å². The van der Waals surface area contributed by atoms with Gasteiger partial charge in [0.05, 0.1) is 18.8 Å². The fourth-order valence-electron chi connectivity index (χ4n) is 4.23. The standard InChI is InChI=1S/C29H28F3N3O3/c1-4-6-19(2)38-28-26(35-9-11-37-12-10-35)16-23(18-34-28)25-13-21(17-33-20(25)3)14-27(36)22-7-5-8-24(15-22)29(30,31)32/h1,5,7-8,13,15-19H,6,9-12,14H2,2-3H3. The third-order valence-electron chi connectivity index (χ3n) is 6.23. The van der Waals surface area contributed by atoms with Crippen LogP contribution in [-0.2, 0) is 17.3 Å². The Morgan fingerprint density at radius 2 is 1.95 bits per heavy atom. The van der Waals surface area contributed by atoms with Crippen LogP contribution in [0.1, 0.15) is 40.5 Å². The van der Waals surface area contributed by atoms with Gasteiger partial charge in [0.2, 0.25) is 5.88 Å². The van der Waals surface area contributed by atoms with Crippen molar-refractivity contribution in [2.24, 2.45) is 0 Å². The van der Waals surface area contributed by atoms with Crippen molar-refractivity contribution in [2.75, 3.05) is 31.2 Å². The van der Waals surface area contributed by atoms with Crippen molar-refractivity contribution in [3.8, 4) is 29.4 Å². The van der Waals surface area contributed by atoms with E-state index in [-0.39, 0.29) is 18.1 Å². The van der Waals surface area contributed by atoms with Crippen molar-refractivity contribution in [1.82, 2.24) is 9.97 Å². The third kappa shape index (κ3) is 6.50. The van der Waals surface area contributed by atoms with E-state index in [1.807, 2.05) is 26.0 Å². The molecule has 1 atom stereocenters. The number of alkyl halides is 3. The largest absolute Gasteiger partial charge is 0.472 e. The lowest BCUT2D eigenvalue weighted by Crippen LogP contribution is -2.36. The Kier molecular flexibility index (Phi) is 8.32. The first kappa shape index (κ1) is 27.1. The Bertz CT molecular complexity index is 1340. The molecule has 3 heterocycles. The first-order chi connectivity index (χ1) is 18.2. The average Bonchev–Trinajstić information content (AvgIpc) is 2.90. The van der Waals surface area contributed by atoms with Gasteiger partial charge in [0.15, 0.2) is 5.78 Å². The Balaban J connectivity index is 1.64. The van der Waals surface area contributed by atoms with Crippen molar-refractivity contribution in [3.05, 3.63) is 71.2 Å². The topological polar surface area (TPSA) is 64.5 Å². The highest BCUT2D eigenvalue weighted by atomic mass is 19.4. The molecule has 1 unspecified atom stereocenters. The van der Waals surface area contributed by atoms with Gasteiger partial charge in [0, 0.05) is 60.7 Å². The molecule has 1 aliphatic heterocycles. The first-order valence-electron chi connectivity index (χ1n) is 12.2. The Morgan fingerprint density at radius 1 is 1.18 bits per heavy atom. The number of ketones is 1. The van der Waals surface area contributed by atoms with Crippen LogP contribution in [0.15, 0.2) is 48.8 Å². The van der Waals surface area contributed by atoms with Crippen molar-refractivity contribution in [3.63, 3.8) is 0 Å². The molecule has 0 radical (unpaired) electrons. The number of nitrogens with zero attached hydrogens (tertiary/aromatic N) is 3. The molecule has 1 saturated heterocycles. The molecule has 0 saturated carbocycles. The van der Waals surface area contributed by atoms with Gasteiger partial charge in [0.1, 0.15) is 11.8 Å². The fourth-order valence-corrected chi connectivity index (χ4v) is 4.23. The van der Waals surface area contributed by atoms with E-state index < -0.39 is 17.5 Å². The van der Waals surface area contributed by atoms with Crippen LogP contribution in [0, 0.1) is 19.3 Å². The van der Waals surface area contributed by atoms with Crippen LogP contribution in [0.25, 0.3) is 11.1 Å². The zero-order chi connectivity index (χ0) is 27.3. The Labute approximate surface area is 219 Å². The molecule has 0 amide bonds.